The van der Waals surface area contributed by atoms with Crippen LogP contribution in [0.1, 0.15) is 23.6 Å². The van der Waals surface area contributed by atoms with Crippen LogP contribution in [-0.2, 0) is 19.6 Å². The van der Waals surface area contributed by atoms with E-state index in [4.69, 9.17) is 4.74 Å². The maximum Gasteiger partial charge on any atom is 0.120 e. The third-order valence-electron chi connectivity index (χ3n) is 2.98. The Hall–Kier alpha value is -1.80. The molecule has 0 heterocycles. The molecule has 94 valence electrons. The second kappa shape index (κ2) is 6.22. The third-order valence-corrected chi connectivity index (χ3v) is 2.98. The van der Waals surface area contributed by atoms with Crippen LogP contribution >= 0.6 is 0 Å². The number of aliphatic hydroxyl groups is 1. The Balaban J connectivity index is 2.06. The van der Waals surface area contributed by atoms with Crippen LogP contribution < -0.4 is 4.74 Å². The molecule has 0 aliphatic carbocycles. The molecule has 2 aromatic rings. The minimum atomic E-state index is 0.0855. The van der Waals surface area contributed by atoms with E-state index in [1.54, 1.807) is 0 Å². The Morgan fingerprint density at radius 3 is 2.44 bits per heavy atom. The zero-order chi connectivity index (χ0) is 12.8. The van der Waals surface area contributed by atoms with Gasteiger partial charge in [-0.2, -0.15) is 0 Å². The lowest BCUT2D eigenvalue weighted by Crippen LogP contribution is -1.98. The van der Waals surface area contributed by atoms with Gasteiger partial charge in [0.25, 0.3) is 0 Å². The van der Waals surface area contributed by atoms with Crippen LogP contribution in [0.15, 0.2) is 48.5 Å². The highest BCUT2D eigenvalue weighted by Gasteiger charge is 2.02. The van der Waals surface area contributed by atoms with Crippen LogP contribution in [0.4, 0.5) is 0 Å². The molecule has 0 bridgehead atoms. The van der Waals surface area contributed by atoms with Crippen LogP contribution in [0.25, 0.3) is 0 Å². The number of benzene rings is 2. The highest BCUT2D eigenvalue weighted by Crippen LogP contribution is 2.19. The lowest BCUT2D eigenvalue weighted by Gasteiger charge is -2.10. The van der Waals surface area contributed by atoms with Crippen molar-refractivity contribution in [2.45, 2.75) is 26.6 Å². The summed E-state index contributed by atoms with van der Waals surface area (Å²) in [4.78, 5) is 0. The summed E-state index contributed by atoms with van der Waals surface area (Å²) in [7, 11) is 0. The molecule has 0 spiro atoms. The molecular formula is C16H18O2. The zero-order valence-corrected chi connectivity index (χ0v) is 10.6. The largest absolute Gasteiger partial charge is 0.489 e. The number of aryl methyl sites for hydroxylation is 1. The number of rotatable bonds is 5. The van der Waals surface area contributed by atoms with Crippen molar-refractivity contribution in [1.82, 2.24) is 0 Å². The highest BCUT2D eigenvalue weighted by atomic mass is 16.5. The minimum Gasteiger partial charge on any atom is -0.489 e. The van der Waals surface area contributed by atoms with Crippen LogP contribution in [0, 0.1) is 0 Å². The van der Waals surface area contributed by atoms with Gasteiger partial charge in [0.05, 0.1) is 6.61 Å². The van der Waals surface area contributed by atoms with Crippen LogP contribution in [-0.4, -0.2) is 5.11 Å². The maximum absolute atomic E-state index is 9.21. The van der Waals surface area contributed by atoms with E-state index in [0.717, 1.165) is 28.9 Å². The van der Waals surface area contributed by atoms with Crippen molar-refractivity contribution in [2.24, 2.45) is 0 Å². The number of ether oxygens (including phenoxy) is 1. The van der Waals surface area contributed by atoms with Gasteiger partial charge in [-0.05, 0) is 35.2 Å². The van der Waals surface area contributed by atoms with E-state index >= 15 is 0 Å². The van der Waals surface area contributed by atoms with Gasteiger partial charge in [0.15, 0.2) is 0 Å². The molecule has 0 unspecified atom stereocenters. The van der Waals surface area contributed by atoms with E-state index in [1.165, 1.54) is 0 Å². The zero-order valence-electron chi connectivity index (χ0n) is 10.6. The lowest BCUT2D eigenvalue weighted by molar-refractivity contribution is 0.279. The minimum absolute atomic E-state index is 0.0855. The quantitative estimate of drug-likeness (QED) is 0.871. The molecular weight excluding hydrogens is 224 g/mol. The second-order valence-corrected chi connectivity index (χ2v) is 4.22. The van der Waals surface area contributed by atoms with E-state index in [0.29, 0.717) is 6.61 Å². The fraction of sp³-hybridized carbons (Fsp3) is 0.250. The highest BCUT2D eigenvalue weighted by molar-refractivity contribution is 5.35. The summed E-state index contributed by atoms with van der Waals surface area (Å²) in [6, 6.07) is 15.9. The lowest BCUT2D eigenvalue weighted by atomic mass is 10.1. The molecule has 2 nitrogen and oxygen atoms in total. The van der Waals surface area contributed by atoms with Gasteiger partial charge in [-0.25, -0.2) is 0 Å². The van der Waals surface area contributed by atoms with Crippen molar-refractivity contribution in [3.8, 4) is 5.75 Å². The first-order valence-electron chi connectivity index (χ1n) is 6.23. The van der Waals surface area contributed by atoms with Crippen molar-refractivity contribution in [1.29, 1.82) is 0 Å². The molecule has 2 rings (SSSR count). The number of hydrogen-bond donors (Lipinski definition) is 1. The van der Waals surface area contributed by atoms with Gasteiger partial charge in [0.2, 0.25) is 0 Å². The summed E-state index contributed by atoms with van der Waals surface area (Å²) < 4.78 is 5.75. The Morgan fingerprint density at radius 2 is 1.78 bits per heavy atom. The smallest absolute Gasteiger partial charge is 0.120 e. The molecule has 0 amide bonds. The van der Waals surface area contributed by atoms with Crippen LogP contribution in [0.5, 0.6) is 5.75 Å². The molecule has 0 aliphatic heterocycles. The van der Waals surface area contributed by atoms with E-state index in [2.05, 4.69) is 6.92 Å². The molecule has 2 heteroatoms. The van der Waals surface area contributed by atoms with E-state index in [9.17, 15) is 5.11 Å². The van der Waals surface area contributed by atoms with E-state index in [-0.39, 0.29) is 6.61 Å². The molecule has 0 saturated heterocycles. The molecule has 0 saturated carbocycles. The predicted octanol–water partition coefficient (Wildman–Crippen LogP) is 3.32. The van der Waals surface area contributed by atoms with Crippen molar-refractivity contribution in [3.63, 3.8) is 0 Å². The van der Waals surface area contributed by atoms with Crippen molar-refractivity contribution < 1.29 is 9.84 Å². The first-order valence-corrected chi connectivity index (χ1v) is 6.23. The number of aliphatic hydroxyl groups excluding tert-OH is 1. The molecule has 0 aromatic heterocycles. The molecule has 2 aromatic carbocycles. The van der Waals surface area contributed by atoms with Gasteiger partial charge in [0.1, 0.15) is 12.4 Å². The Kier molecular flexibility index (Phi) is 4.37. The Morgan fingerprint density at radius 1 is 1.00 bits per heavy atom. The van der Waals surface area contributed by atoms with E-state index in [1.807, 2.05) is 48.5 Å². The average molecular weight is 242 g/mol. The van der Waals surface area contributed by atoms with Crippen molar-refractivity contribution in [2.75, 3.05) is 0 Å². The van der Waals surface area contributed by atoms with Gasteiger partial charge in [-0.15, -0.1) is 0 Å². The number of hydrogen-bond acceptors (Lipinski definition) is 2. The standard InChI is InChI=1S/C16H18O2/c1-2-14-10-16(9-8-15(14)11-17)18-12-13-6-4-3-5-7-13/h3-10,17H,2,11-12H2,1H3. The Bertz CT molecular complexity index is 492. The molecule has 0 radical (unpaired) electrons. The summed E-state index contributed by atoms with van der Waals surface area (Å²) in [6.45, 7) is 2.74. The second-order valence-electron chi connectivity index (χ2n) is 4.22. The Labute approximate surface area is 108 Å². The third kappa shape index (κ3) is 3.11. The molecule has 0 aliphatic rings. The van der Waals surface area contributed by atoms with Crippen LogP contribution in [0.2, 0.25) is 0 Å². The monoisotopic (exact) mass is 242 g/mol. The van der Waals surface area contributed by atoms with Gasteiger partial charge in [-0.3, -0.25) is 0 Å². The fourth-order valence-electron chi connectivity index (χ4n) is 1.92. The molecule has 0 fully saturated rings. The summed E-state index contributed by atoms with van der Waals surface area (Å²) in [5.74, 6) is 0.855. The molecule has 18 heavy (non-hydrogen) atoms. The maximum atomic E-state index is 9.21. The van der Waals surface area contributed by atoms with Crippen molar-refractivity contribution >= 4 is 0 Å². The fourth-order valence-corrected chi connectivity index (χ4v) is 1.92. The predicted molar refractivity (Wildman–Crippen MR) is 72.5 cm³/mol. The molecule has 1 N–H and O–H groups in total. The first kappa shape index (κ1) is 12.7. The summed E-state index contributed by atoms with van der Waals surface area (Å²) in [6.07, 6.45) is 0.901. The molecule has 0 atom stereocenters. The SMILES string of the molecule is CCc1cc(OCc2ccccc2)ccc1CO. The summed E-state index contributed by atoms with van der Waals surface area (Å²) in [5.41, 5.74) is 3.27. The van der Waals surface area contributed by atoms with Gasteiger partial charge < -0.3 is 9.84 Å². The first-order chi connectivity index (χ1) is 8.83. The van der Waals surface area contributed by atoms with Crippen LogP contribution in [0.3, 0.4) is 0 Å². The summed E-state index contributed by atoms with van der Waals surface area (Å²) >= 11 is 0. The summed E-state index contributed by atoms with van der Waals surface area (Å²) in [5, 5.41) is 9.21. The van der Waals surface area contributed by atoms with Gasteiger partial charge in [0, 0.05) is 0 Å². The average Bonchev–Trinajstić information content (AvgIpc) is 2.45. The van der Waals surface area contributed by atoms with Gasteiger partial charge in [-0.1, -0.05) is 43.3 Å². The topological polar surface area (TPSA) is 29.5 Å². The van der Waals surface area contributed by atoms with Gasteiger partial charge >= 0.3 is 0 Å². The van der Waals surface area contributed by atoms with Crippen molar-refractivity contribution in [3.05, 3.63) is 65.2 Å². The van der Waals surface area contributed by atoms with E-state index < -0.39 is 0 Å². The normalized spacial score (nSPS) is 10.3.